The highest BCUT2D eigenvalue weighted by molar-refractivity contribution is 5.85. The monoisotopic (exact) mass is 407 g/mol. The Morgan fingerprint density at radius 2 is 1.90 bits per heavy atom. The molecular formula is C25H33N3O2. The number of piperidine rings is 1. The van der Waals surface area contributed by atoms with Gasteiger partial charge in [0.1, 0.15) is 0 Å². The third kappa shape index (κ3) is 5.07. The molecule has 1 N–H and O–H groups in total. The van der Waals surface area contributed by atoms with Gasteiger partial charge in [0.2, 0.25) is 11.8 Å². The van der Waals surface area contributed by atoms with Gasteiger partial charge in [-0.25, -0.2) is 0 Å². The lowest BCUT2D eigenvalue weighted by Gasteiger charge is -2.42. The summed E-state index contributed by atoms with van der Waals surface area (Å²) in [7, 11) is 0. The molecule has 1 saturated heterocycles. The molecule has 0 saturated carbocycles. The number of aromatic nitrogens is 1. The second-order valence-electron chi connectivity index (χ2n) is 8.65. The molecule has 160 valence electrons. The summed E-state index contributed by atoms with van der Waals surface area (Å²) in [6.45, 7) is 7.21. The maximum atomic E-state index is 13.4. The number of benzene rings is 1. The van der Waals surface area contributed by atoms with Crippen LogP contribution in [0.25, 0.3) is 11.1 Å². The van der Waals surface area contributed by atoms with Gasteiger partial charge in [-0.05, 0) is 68.4 Å². The maximum Gasteiger partial charge on any atom is 0.228 e. The lowest BCUT2D eigenvalue weighted by atomic mass is 9.73. The number of hydrogen-bond donors (Lipinski definition) is 1. The summed E-state index contributed by atoms with van der Waals surface area (Å²) in [6.07, 6.45) is 7.18. The SMILES string of the molecule is CCCC(=O)N1CCCC(Cc2ccccc2-c2ccncc2)(C(=O)NC(C)C)C1. The lowest BCUT2D eigenvalue weighted by Crippen LogP contribution is -2.55. The number of carbonyl (C=O) groups is 2. The van der Waals surface area contributed by atoms with Gasteiger partial charge in [-0.1, -0.05) is 31.2 Å². The van der Waals surface area contributed by atoms with Crippen LogP contribution in [0.15, 0.2) is 48.8 Å². The van der Waals surface area contributed by atoms with Gasteiger partial charge in [0.25, 0.3) is 0 Å². The zero-order valence-corrected chi connectivity index (χ0v) is 18.4. The second kappa shape index (κ2) is 9.88. The minimum Gasteiger partial charge on any atom is -0.353 e. The minimum atomic E-state index is -0.616. The highest BCUT2D eigenvalue weighted by Gasteiger charge is 2.43. The summed E-state index contributed by atoms with van der Waals surface area (Å²) in [5.41, 5.74) is 2.73. The van der Waals surface area contributed by atoms with Crippen molar-refractivity contribution in [3.8, 4) is 11.1 Å². The summed E-state index contributed by atoms with van der Waals surface area (Å²) < 4.78 is 0. The van der Waals surface area contributed by atoms with Gasteiger partial charge in [-0.3, -0.25) is 14.6 Å². The van der Waals surface area contributed by atoms with Crippen molar-refractivity contribution in [2.75, 3.05) is 13.1 Å². The Bertz CT molecular complexity index is 866. The van der Waals surface area contributed by atoms with E-state index >= 15 is 0 Å². The maximum absolute atomic E-state index is 13.4. The van der Waals surface area contributed by atoms with E-state index in [4.69, 9.17) is 0 Å². The van der Waals surface area contributed by atoms with Gasteiger partial charge in [0.15, 0.2) is 0 Å². The largest absolute Gasteiger partial charge is 0.353 e. The van der Waals surface area contributed by atoms with E-state index in [9.17, 15) is 9.59 Å². The molecule has 1 aromatic carbocycles. The standard InChI is InChI=1S/C25H33N3O2/c1-4-8-23(29)28-16-7-13-25(18-28,24(30)27-19(2)3)17-21-9-5-6-10-22(21)20-11-14-26-15-12-20/h5-6,9-12,14-15,19H,4,7-8,13,16-18H2,1-3H3,(H,27,30). The number of carbonyl (C=O) groups excluding carboxylic acids is 2. The van der Waals surface area contributed by atoms with Crippen LogP contribution in [0.2, 0.25) is 0 Å². The topological polar surface area (TPSA) is 62.3 Å². The number of pyridine rings is 1. The van der Waals surface area contributed by atoms with Crippen molar-refractivity contribution in [1.82, 2.24) is 15.2 Å². The zero-order chi connectivity index (χ0) is 21.6. The molecule has 1 fully saturated rings. The molecule has 1 aliphatic heterocycles. The number of nitrogens with one attached hydrogen (secondary N) is 1. The number of rotatable bonds is 7. The van der Waals surface area contributed by atoms with Gasteiger partial charge in [0.05, 0.1) is 5.41 Å². The van der Waals surface area contributed by atoms with Crippen LogP contribution in [0.5, 0.6) is 0 Å². The van der Waals surface area contributed by atoms with Crippen LogP contribution in [-0.4, -0.2) is 40.8 Å². The summed E-state index contributed by atoms with van der Waals surface area (Å²) in [5, 5.41) is 3.14. The fraction of sp³-hybridized carbons (Fsp3) is 0.480. The zero-order valence-electron chi connectivity index (χ0n) is 18.4. The van der Waals surface area contributed by atoms with Crippen molar-refractivity contribution in [3.63, 3.8) is 0 Å². The quantitative estimate of drug-likeness (QED) is 0.747. The van der Waals surface area contributed by atoms with Crippen molar-refractivity contribution in [2.24, 2.45) is 5.41 Å². The molecule has 2 heterocycles. The third-order valence-corrected chi connectivity index (χ3v) is 5.83. The molecule has 0 bridgehead atoms. The Hall–Kier alpha value is -2.69. The highest BCUT2D eigenvalue weighted by Crippen LogP contribution is 2.37. The minimum absolute atomic E-state index is 0.0519. The number of nitrogens with zero attached hydrogens (tertiary/aromatic N) is 2. The van der Waals surface area contributed by atoms with Crippen LogP contribution < -0.4 is 5.32 Å². The van der Waals surface area contributed by atoms with E-state index in [1.807, 2.05) is 49.9 Å². The molecule has 1 aliphatic rings. The van der Waals surface area contributed by atoms with Crippen molar-refractivity contribution in [1.29, 1.82) is 0 Å². The number of hydrogen-bond acceptors (Lipinski definition) is 3. The number of likely N-dealkylation sites (tertiary alicyclic amines) is 1. The average molecular weight is 408 g/mol. The lowest BCUT2D eigenvalue weighted by molar-refractivity contribution is -0.142. The molecule has 0 spiro atoms. The number of amides is 2. The fourth-order valence-electron chi connectivity index (χ4n) is 4.39. The first kappa shape index (κ1) is 22.0. The third-order valence-electron chi connectivity index (χ3n) is 5.83. The summed E-state index contributed by atoms with van der Waals surface area (Å²) >= 11 is 0. The predicted molar refractivity (Wildman–Crippen MR) is 120 cm³/mol. The summed E-state index contributed by atoms with van der Waals surface area (Å²) in [4.78, 5) is 32.1. The van der Waals surface area contributed by atoms with Crippen LogP contribution in [0.3, 0.4) is 0 Å². The van der Waals surface area contributed by atoms with Crippen molar-refractivity contribution >= 4 is 11.8 Å². The van der Waals surface area contributed by atoms with Crippen molar-refractivity contribution < 1.29 is 9.59 Å². The van der Waals surface area contributed by atoms with Crippen LogP contribution in [0, 0.1) is 5.41 Å². The van der Waals surface area contributed by atoms with E-state index < -0.39 is 5.41 Å². The van der Waals surface area contributed by atoms with Crippen LogP contribution >= 0.6 is 0 Å². The molecule has 1 atom stereocenters. The van der Waals surface area contributed by atoms with Gasteiger partial charge < -0.3 is 10.2 Å². The molecule has 0 aliphatic carbocycles. The predicted octanol–water partition coefficient (Wildman–Crippen LogP) is 4.22. The smallest absolute Gasteiger partial charge is 0.228 e. The molecular weight excluding hydrogens is 374 g/mol. The van der Waals surface area contributed by atoms with Crippen molar-refractivity contribution in [2.45, 2.75) is 58.9 Å². The highest BCUT2D eigenvalue weighted by atomic mass is 16.2. The first-order valence-corrected chi connectivity index (χ1v) is 11.0. The summed E-state index contributed by atoms with van der Waals surface area (Å²) in [5.74, 6) is 0.206. The van der Waals surface area contributed by atoms with Gasteiger partial charge in [-0.2, -0.15) is 0 Å². The van der Waals surface area contributed by atoms with Crippen LogP contribution in [-0.2, 0) is 16.0 Å². The van der Waals surface area contributed by atoms with E-state index in [0.29, 0.717) is 19.4 Å². The Balaban J connectivity index is 1.97. The first-order chi connectivity index (χ1) is 14.4. The Morgan fingerprint density at radius 3 is 2.60 bits per heavy atom. The van der Waals surface area contributed by atoms with E-state index in [0.717, 1.165) is 42.5 Å². The molecule has 1 unspecified atom stereocenters. The molecule has 5 heteroatoms. The Morgan fingerprint density at radius 1 is 1.17 bits per heavy atom. The van der Waals surface area contributed by atoms with Gasteiger partial charge in [0, 0.05) is 37.9 Å². The molecule has 2 aromatic rings. The van der Waals surface area contributed by atoms with E-state index in [1.54, 1.807) is 12.4 Å². The van der Waals surface area contributed by atoms with Gasteiger partial charge >= 0.3 is 0 Å². The Labute approximate surface area is 179 Å². The van der Waals surface area contributed by atoms with E-state index in [2.05, 4.69) is 22.4 Å². The molecule has 1 aromatic heterocycles. The molecule has 2 amide bonds. The molecule has 30 heavy (non-hydrogen) atoms. The first-order valence-electron chi connectivity index (χ1n) is 11.0. The van der Waals surface area contributed by atoms with Crippen molar-refractivity contribution in [3.05, 3.63) is 54.4 Å². The average Bonchev–Trinajstić information content (AvgIpc) is 2.74. The second-order valence-corrected chi connectivity index (χ2v) is 8.65. The molecule has 3 rings (SSSR count). The van der Waals surface area contributed by atoms with Gasteiger partial charge in [-0.15, -0.1) is 0 Å². The molecule has 0 radical (unpaired) electrons. The summed E-state index contributed by atoms with van der Waals surface area (Å²) in [6, 6.07) is 12.3. The Kier molecular flexibility index (Phi) is 7.24. The van der Waals surface area contributed by atoms with E-state index in [-0.39, 0.29) is 17.9 Å². The van der Waals surface area contributed by atoms with Crippen LogP contribution in [0.1, 0.15) is 52.0 Å². The van der Waals surface area contributed by atoms with Crippen LogP contribution in [0.4, 0.5) is 0 Å². The molecule has 5 nitrogen and oxygen atoms in total. The fourth-order valence-corrected chi connectivity index (χ4v) is 4.39. The normalized spacial score (nSPS) is 19.0. The van der Waals surface area contributed by atoms with E-state index in [1.165, 1.54) is 0 Å².